The van der Waals surface area contributed by atoms with Gasteiger partial charge in [0, 0.05) is 25.7 Å². The van der Waals surface area contributed by atoms with Crippen LogP contribution in [0.5, 0.6) is 5.75 Å². The molecule has 0 radical (unpaired) electrons. The van der Waals surface area contributed by atoms with Gasteiger partial charge in [0.05, 0.1) is 12.7 Å². The number of alkyl halides is 3. The predicted molar refractivity (Wildman–Crippen MR) is 81.6 cm³/mol. The number of hydrogen-bond acceptors (Lipinski definition) is 4. The van der Waals surface area contributed by atoms with Crippen molar-refractivity contribution in [3.05, 3.63) is 29.8 Å². The fourth-order valence-corrected chi connectivity index (χ4v) is 3.09. The molecule has 1 aliphatic carbocycles. The van der Waals surface area contributed by atoms with Crippen LogP contribution in [0.1, 0.15) is 30.9 Å². The lowest BCUT2D eigenvalue weighted by atomic mass is 10.1. The molecule has 4 nitrogen and oxygen atoms in total. The Morgan fingerprint density at radius 1 is 1.21 bits per heavy atom. The minimum atomic E-state index is -4.70. The van der Waals surface area contributed by atoms with E-state index in [9.17, 15) is 18.3 Å². The summed E-state index contributed by atoms with van der Waals surface area (Å²) in [5.74, 6) is 0.223. The lowest BCUT2D eigenvalue weighted by Crippen LogP contribution is -2.35. The topological polar surface area (TPSA) is 41.9 Å². The second-order valence-corrected chi connectivity index (χ2v) is 6.55. The van der Waals surface area contributed by atoms with Crippen molar-refractivity contribution < 1.29 is 27.8 Å². The molecule has 1 aromatic carbocycles. The van der Waals surface area contributed by atoms with Crippen molar-refractivity contribution in [3.63, 3.8) is 0 Å². The van der Waals surface area contributed by atoms with E-state index in [1.54, 1.807) is 0 Å². The van der Waals surface area contributed by atoms with E-state index in [0.29, 0.717) is 24.1 Å². The molecule has 3 rings (SSSR count). The van der Waals surface area contributed by atoms with Crippen LogP contribution in [0.25, 0.3) is 0 Å². The highest BCUT2D eigenvalue weighted by Crippen LogP contribution is 2.31. The second kappa shape index (κ2) is 7.29. The first-order valence-corrected chi connectivity index (χ1v) is 8.26. The lowest BCUT2D eigenvalue weighted by molar-refractivity contribution is -0.274. The molecule has 1 saturated heterocycles. The highest BCUT2D eigenvalue weighted by atomic mass is 19.4. The number of aliphatic hydroxyl groups is 1. The van der Waals surface area contributed by atoms with Gasteiger partial charge in [-0.25, -0.2) is 0 Å². The molecule has 0 unspecified atom stereocenters. The van der Waals surface area contributed by atoms with Gasteiger partial charge in [-0.05, 0) is 42.9 Å². The summed E-state index contributed by atoms with van der Waals surface area (Å²) in [5.41, 5.74) is 0.595. The summed E-state index contributed by atoms with van der Waals surface area (Å²) >= 11 is 0. The van der Waals surface area contributed by atoms with Gasteiger partial charge in [-0.2, -0.15) is 0 Å². The Morgan fingerprint density at radius 3 is 2.46 bits per heavy atom. The first kappa shape index (κ1) is 17.5. The van der Waals surface area contributed by atoms with Gasteiger partial charge in [-0.3, -0.25) is 4.90 Å². The Labute approximate surface area is 139 Å². The Bertz CT molecular complexity index is 525. The molecule has 1 heterocycles. The highest BCUT2D eigenvalue weighted by Gasteiger charge is 2.33. The molecule has 2 aliphatic rings. The van der Waals surface area contributed by atoms with Gasteiger partial charge in [-0.15, -0.1) is 13.2 Å². The molecule has 0 aromatic heterocycles. The summed E-state index contributed by atoms with van der Waals surface area (Å²) in [6.45, 7) is 2.95. The molecule has 7 heteroatoms. The van der Waals surface area contributed by atoms with Gasteiger partial charge < -0.3 is 14.6 Å². The number of nitrogens with zero attached hydrogens (tertiary/aromatic N) is 1. The number of halogens is 3. The van der Waals surface area contributed by atoms with Gasteiger partial charge in [0.2, 0.25) is 0 Å². The zero-order valence-electron chi connectivity index (χ0n) is 13.3. The molecule has 1 N–H and O–H groups in total. The first-order chi connectivity index (χ1) is 11.4. The number of rotatable bonds is 7. The summed E-state index contributed by atoms with van der Waals surface area (Å²) in [6.07, 6.45) is -2.11. The minimum Gasteiger partial charge on any atom is -0.406 e. The number of aliphatic hydroxyl groups excluding tert-OH is 1. The quantitative estimate of drug-likeness (QED) is 0.824. The minimum absolute atomic E-state index is 0.277. The van der Waals surface area contributed by atoms with E-state index in [2.05, 4.69) is 9.64 Å². The molecule has 2 atom stereocenters. The second-order valence-electron chi connectivity index (χ2n) is 6.55. The SMILES string of the molecule is O[C@H](CN(C[C@H]1CCOC1)C1CC1)c1ccc(OC(F)(F)F)cc1. The number of ether oxygens (including phenoxy) is 2. The van der Waals surface area contributed by atoms with Gasteiger partial charge in [-0.1, -0.05) is 12.1 Å². The molecule has 1 aromatic rings. The zero-order chi connectivity index (χ0) is 17.2. The molecule has 0 spiro atoms. The van der Waals surface area contributed by atoms with E-state index in [-0.39, 0.29) is 5.75 Å². The average molecular weight is 345 g/mol. The van der Waals surface area contributed by atoms with Crippen molar-refractivity contribution >= 4 is 0 Å². The van der Waals surface area contributed by atoms with Crippen LogP contribution in [0.4, 0.5) is 13.2 Å². The van der Waals surface area contributed by atoms with E-state index >= 15 is 0 Å². The molecule has 1 aliphatic heterocycles. The maximum atomic E-state index is 12.2. The maximum Gasteiger partial charge on any atom is 0.573 e. The van der Waals surface area contributed by atoms with Crippen LogP contribution in [0.3, 0.4) is 0 Å². The van der Waals surface area contributed by atoms with Crippen LogP contribution >= 0.6 is 0 Å². The highest BCUT2D eigenvalue weighted by molar-refractivity contribution is 5.28. The van der Waals surface area contributed by atoms with Gasteiger partial charge in [0.15, 0.2) is 0 Å². The van der Waals surface area contributed by atoms with E-state index in [4.69, 9.17) is 4.74 Å². The lowest BCUT2D eigenvalue weighted by Gasteiger charge is -2.27. The fourth-order valence-electron chi connectivity index (χ4n) is 3.09. The van der Waals surface area contributed by atoms with Crippen molar-refractivity contribution in [1.82, 2.24) is 4.90 Å². The third-order valence-electron chi connectivity index (χ3n) is 4.49. The molecule has 1 saturated carbocycles. The Hall–Kier alpha value is -1.31. The van der Waals surface area contributed by atoms with Gasteiger partial charge in [0.25, 0.3) is 0 Å². The van der Waals surface area contributed by atoms with E-state index in [0.717, 1.165) is 39.0 Å². The first-order valence-electron chi connectivity index (χ1n) is 8.26. The summed E-state index contributed by atoms with van der Waals surface area (Å²) in [6, 6.07) is 5.94. The summed E-state index contributed by atoms with van der Waals surface area (Å²) in [7, 11) is 0. The number of hydrogen-bond donors (Lipinski definition) is 1. The molecule has 0 amide bonds. The van der Waals surface area contributed by atoms with Crippen molar-refractivity contribution in [2.24, 2.45) is 5.92 Å². The molecular weight excluding hydrogens is 323 g/mol. The molecule has 134 valence electrons. The van der Waals surface area contributed by atoms with E-state index in [1.165, 1.54) is 24.3 Å². The standard InChI is InChI=1S/C17H22F3NO3/c18-17(19,20)24-15-5-1-13(2-6-15)16(22)10-21(14-3-4-14)9-12-7-8-23-11-12/h1-2,5-6,12,14,16,22H,3-4,7-11H2/t12-,16-/m1/s1. The summed E-state index contributed by atoms with van der Waals surface area (Å²) in [4.78, 5) is 2.28. The maximum absolute atomic E-state index is 12.2. The van der Waals surface area contributed by atoms with Crippen molar-refractivity contribution in [2.75, 3.05) is 26.3 Å². The third-order valence-corrected chi connectivity index (χ3v) is 4.49. The largest absolute Gasteiger partial charge is 0.573 e. The van der Waals surface area contributed by atoms with Crippen LogP contribution in [-0.2, 0) is 4.74 Å². The smallest absolute Gasteiger partial charge is 0.406 e. The molecular formula is C17H22F3NO3. The Kier molecular flexibility index (Phi) is 5.32. The third kappa shape index (κ3) is 5.09. The van der Waals surface area contributed by atoms with Crippen molar-refractivity contribution in [2.45, 2.75) is 37.8 Å². The predicted octanol–water partition coefficient (Wildman–Crippen LogP) is 3.12. The van der Waals surface area contributed by atoms with Crippen LogP contribution < -0.4 is 4.74 Å². The molecule has 0 bridgehead atoms. The van der Waals surface area contributed by atoms with E-state index < -0.39 is 12.5 Å². The molecule has 24 heavy (non-hydrogen) atoms. The monoisotopic (exact) mass is 345 g/mol. The van der Waals surface area contributed by atoms with Crippen LogP contribution in [0.15, 0.2) is 24.3 Å². The number of benzene rings is 1. The Morgan fingerprint density at radius 2 is 1.92 bits per heavy atom. The van der Waals surface area contributed by atoms with Crippen LogP contribution in [-0.4, -0.2) is 48.7 Å². The van der Waals surface area contributed by atoms with Gasteiger partial charge >= 0.3 is 6.36 Å². The Balaban J connectivity index is 1.57. The fraction of sp³-hybridized carbons (Fsp3) is 0.647. The van der Waals surface area contributed by atoms with Crippen molar-refractivity contribution in [3.8, 4) is 5.75 Å². The van der Waals surface area contributed by atoms with Crippen molar-refractivity contribution in [1.29, 1.82) is 0 Å². The summed E-state index contributed by atoms with van der Waals surface area (Å²) in [5, 5.41) is 10.4. The normalized spacial score (nSPS) is 22.8. The zero-order valence-corrected chi connectivity index (χ0v) is 13.3. The van der Waals surface area contributed by atoms with Crippen LogP contribution in [0.2, 0.25) is 0 Å². The average Bonchev–Trinajstić information content (AvgIpc) is 3.24. The van der Waals surface area contributed by atoms with E-state index in [1.807, 2.05) is 0 Å². The van der Waals surface area contributed by atoms with Gasteiger partial charge in [0.1, 0.15) is 5.75 Å². The molecule has 2 fully saturated rings. The van der Waals surface area contributed by atoms with Crippen LogP contribution in [0, 0.1) is 5.92 Å². The summed E-state index contributed by atoms with van der Waals surface area (Å²) < 4.78 is 45.8.